The van der Waals surface area contributed by atoms with E-state index in [1.54, 1.807) is 0 Å². The van der Waals surface area contributed by atoms with Crippen molar-refractivity contribution in [3.63, 3.8) is 0 Å². The molecule has 11 nitrogen and oxygen atoms in total. The summed E-state index contributed by atoms with van der Waals surface area (Å²) >= 11 is 3.03. The fraction of sp³-hybridized carbons (Fsp3) is 0. The first-order chi connectivity index (χ1) is 13.9. The van der Waals surface area contributed by atoms with Gasteiger partial charge in [0, 0.05) is 17.7 Å². The number of rotatable bonds is 7. The van der Waals surface area contributed by atoms with Gasteiger partial charge in [-0.25, -0.2) is 9.02 Å². The van der Waals surface area contributed by atoms with Crippen LogP contribution < -0.4 is 10.8 Å². The van der Waals surface area contributed by atoms with Crippen LogP contribution in [0.3, 0.4) is 0 Å². The third kappa shape index (κ3) is 5.10. The number of amides is 1. The molecule has 0 saturated heterocycles. The Bertz CT molecular complexity index is 1090. The molecule has 0 saturated carbocycles. The van der Waals surface area contributed by atoms with Crippen LogP contribution in [0.5, 0.6) is 0 Å². The number of non-ortho nitro benzene ring substituents is 1. The van der Waals surface area contributed by atoms with Crippen LogP contribution in [-0.2, 0) is 4.94 Å². The van der Waals surface area contributed by atoms with E-state index in [-0.39, 0.29) is 27.2 Å². The fourth-order valence-electron chi connectivity index (χ4n) is 2.02. The monoisotopic (exact) mass is 464 g/mol. The van der Waals surface area contributed by atoms with Crippen molar-refractivity contribution in [3.05, 3.63) is 74.1 Å². The fourth-order valence-corrected chi connectivity index (χ4v) is 2.40. The second kappa shape index (κ2) is 8.88. The van der Waals surface area contributed by atoms with Gasteiger partial charge in [0.25, 0.3) is 11.6 Å². The Morgan fingerprint density at radius 1 is 1.31 bits per heavy atom. The Labute approximate surface area is 169 Å². The van der Waals surface area contributed by atoms with Crippen molar-refractivity contribution in [2.75, 3.05) is 10.8 Å². The van der Waals surface area contributed by atoms with Gasteiger partial charge in [-0.2, -0.15) is 5.48 Å². The Balaban J connectivity index is 1.62. The van der Waals surface area contributed by atoms with Gasteiger partial charge in [-0.3, -0.25) is 19.8 Å². The number of nitrogens with one attached hydrogen (secondary N) is 2. The molecule has 0 radical (unpaired) electrons. The normalized spacial score (nSPS) is 10.7. The van der Waals surface area contributed by atoms with Crippen LogP contribution in [-0.4, -0.2) is 27.4 Å². The first-order valence-corrected chi connectivity index (χ1v) is 8.52. The molecule has 1 heterocycles. The van der Waals surface area contributed by atoms with E-state index < -0.39 is 16.6 Å². The summed E-state index contributed by atoms with van der Waals surface area (Å²) in [5.41, 5.74) is 2.73. The number of nitro benzene ring substituents is 1. The second-order valence-electron chi connectivity index (χ2n) is 5.32. The largest absolute Gasteiger partial charge is 0.302 e. The average molecular weight is 465 g/mol. The predicted octanol–water partition coefficient (Wildman–Crippen LogP) is 3.51. The summed E-state index contributed by atoms with van der Waals surface area (Å²) in [6.45, 7) is 0. The van der Waals surface area contributed by atoms with Gasteiger partial charge in [0.1, 0.15) is 12.0 Å². The maximum atomic E-state index is 13.2. The summed E-state index contributed by atoms with van der Waals surface area (Å²) in [5, 5.41) is 23.9. The van der Waals surface area contributed by atoms with E-state index in [4.69, 9.17) is 4.94 Å². The summed E-state index contributed by atoms with van der Waals surface area (Å²) in [6, 6.07) is 9.25. The second-order valence-corrected chi connectivity index (χ2v) is 6.17. The molecule has 1 aromatic heterocycles. The highest BCUT2D eigenvalue weighted by Crippen LogP contribution is 2.20. The molecule has 3 rings (SSSR count). The van der Waals surface area contributed by atoms with E-state index in [9.17, 15) is 19.3 Å². The SMILES string of the molecule is O=C(Nc1nonc1/C=N/ONc1ccc(F)c(Br)c1)c1cccc([N+](=O)[O-])c1. The van der Waals surface area contributed by atoms with Crippen LogP contribution in [0.4, 0.5) is 21.6 Å². The smallest absolute Gasteiger partial charge is 0.270 e. The molecule has 0 aliphatic rings. The van der Waals surface area contributed by atoms with Crippen LogP contribution in [0.25, 0.3) is 0 Å². The minimum Gasteiger partial charge on any atom is -0.302 e. The van der Waals surface area contributed by atoms with E-state index in [1.807, 2.05) is 0 Å². The van der Waals surface area contributed by atoms with E-state index >= 15 is 0 Å². The average Bonchev–Trinajstić information content (AvgIpc) is 3.15. The molecule has 3 aromatic rings. The number of halogens is 2. The lowest BCUT2D eigenvalue weighted by Crippen LogP contribution is -2.13. The summed E-state index contributed by atoms with van der Waals surface area (Å²) in [5.74, 6) is -1.16. The van der Waals surface area contributed by atoms with E-state index in [0.717, 1.165) is 12.3 Å². The maximum absolute atomic E-state index is 13.2. The highest BCUT2D eigenvalue weighted by atomic mass is 79.9. The quantitative estimate of drug-likeness (QED) is 0.306. The number of aromatic nitrogens is 2. The maximum Gasteiger partial charge on any atom is 0.270 e. The van der Waals surface area contributed by atoms with E-state index in [1.165, 1.54) is 36.4 Å². The van der Waals surface area contributed by atoms with Gasteiger partial charge in [0.2, 0.25) is 5.82 Å². The number of oxime groups is 1. The van der Waals surface area contributed by atoms with E-state index in [0.29, 0.717) is 5.69 Å². The molecule has 13 heteroatoms. The number of hydrogen-bond donors (Lipinski definition) is 2. The zero-order valence-electron chi connectivity index (χ0n) is 14.2. The number of carbonyl (C=O) groups excluding carboxylic acids is 1. The molecule has 0 aliphatic carbocycles. The lowest BCUT2D eigenvalue weighted by atomic mass is 10.2. The Morgan fingerprint density at radius 3 is 2.90 bits per heavy atom. The van der Waals surface area contributed by atoms with Crippen LogP contribution >= 0.6 is 15.9 Å². The zero-order chi connectivity index (χ0) is 20.8. The van der Waals surface area contributed by atoms with Gasteiger partial charge in [0.05, 0.1) is 15.1 Å². The Kier molecular flexibility index (Phi) is 6.09. The van der Waals surface area contributed by atoms with Crippen molar-refractivity contribution in [2.24, 2.45) is 5.16 Å². The molecule has 2 N–H and O–H groups in total. The molecule has 29 heavy (non-hydrogen) atoms. The van der Waals surface area contributed by atoms with Crippen molar-refractivity contribution >= 4 is 45.2 Å². The first kappa shape index (κ1) is 19.9. The van der Waals surface area contributed by atoms with Crippen LogP contribution in [0, 0.1) is 15.9 Å². The third-order valence-electron chi connectivity index (χ3n) is 3.38. The van der Waals surface area contributed by atoms with Gasteiger partial charge in [-0.05, 0) is 50.5 Å². The van der Waals surface area contributed by atoms with Crippen molar-refractivity contribution in [1.29, 1.82) is 0 Å². The number of nitro groups is 1. The van der Waals surface area contributed by atoms with Crippen molar-refractivity contribution in [2.45, 2.75) is 0 Å². The zero-order valence-corrected chi connectivity index (χ0v) is 15.8. The summed E-state index contributed by atoms with van der Waals surface area (Å²) < 4.78 is 18.0. The van der Waals surface area contributed by atoms with Gasteiger partial charge in [0.15, 0.2) is 5.69 Å². The minimum absolute atomic E-state index is 0.0332. The summed E-state index contributed by atoms with van der Waals surface area (Å²) in [6.07, 6.45) is 1.10. The number of benzene rings is 2. The highest BCUT2D eigenvalue weighted by molar-refractivity contribution is 9.10. The lowest BCUT2D eigenvalue weighted by Gasteiger charge is -2.03. The van der Waals surface area contributed by atoms with Crippen LogP contribution in [0.15, 0.2) is 56.7 Å². The number of carbonyl (C=O) groups is 1. The molecule has 0 aliphatic heterocycles. The lowest BCUT2D eigenvalue weighted by molar-refractivity contribution is -0.384. The van der Waals surface area contributed by atoms with E-state index in [2.05, 4.69) is 46.8 Å². The van der Waals surface area contributed by atoms with Gasteiger partial charge < -0.3 is 5.32 Å². The van der Waals surface area contributed by atoms with Crippen LogP contribution in [0.2, 0.25) is 0 Å². The van der Waals surface area contributed by atoms with Crippen molar-refractivity contribution < 1.29 is 23.7 Å². The predicted molar refractivity (Wildman–Crippen MR) is 102 cm³/mol. The minimum atomic E-state index is -0.658. The molecular weight excluding hydrogens is 455 g/mol. The number of anilines is 2. The third-order valence-corrected chi connectivity index (χ3v) is 3.98. The standard InChI is InChI=1S/C16H10BrFN6O5/c17-12-7-10(4-5-13(12)18)21-28-19-8-14-15(23-29-22-14)20-16(25)9-2-1-3-11(6-9)24(26)27/h1-8,21H,(H,20,23,25)/b19-8+. The summed E-state index contributed by atoms with van der Waals surface area (Å²) in [7, 11) is 0. The Morgan fingerprint density at radius 2 is 2.14 bits per heavy atom. The van der Waals surface area contributed by atoms with Gasteiger partial charge >= 0.3 is 0 Å². The molecule has 2 aromatic carbocycles. The molecule has 1 amide bonds. The van der Waals surface area contributed by atoms with Crippen molar-refractivity contribution in [3.8, 4) is 0 Å². The highest BCUT2D eigenvalue weighted by Gasteiger charge is 2.16. The number of nitrogens with zero attached hydrogens (tertiary/aromatic N) is 4. The van der Waals surface area contributed by atoms with Gasteiger partial charge in [-0.1, -0.05) is 11.2 Å². The topological polar surface area (TPSA) is 145 Å². The summed E-state index contributed by atoms with van der Waals surface area (Å²) in [4.78, 5) is 27.3. The van der Waals surface area contributed by atoms with Crippen molar-refractivity contribution in [1.82, 2.24) is 10.3 Å². The molecule has 0 spiro atoms. The Hall–Kier alpha value is -3.87. The molecule has 0 bridgehead atoms. The van der Waals surface area contributed by atoms with Crippen LogP contribution in [0.1, 0.15) is 16.1 Å². The molecule has 0 unspecified atom stereocenters. The van der Waals surface area contributed by atoms with Gasteiger partial charge in [-0.15, -0.1) is 0 Å². The molecule has 148 valence electrons. The first-order valence-electron chi connectivity index (χ1n) is 7.73. The molecular formula is C16H10BrFN6O5. The molecule has 0 atom stereocenters. The number of hydrogen-bond acceptors (Lipinski definition) is 9. The molecule has 0 fully saturated rings.